The number of anilines is 1. The quantitative estimate of drug-likeness (QED) is 0.637. The van der Waals surface area contributed by atoms with E-state index in [2.05, 4.69) is 24.6 Å². The van der Waals surface area contributed by atoms with Gasteiger partial charge in [-0.25, -0.2) is 0 Å². The third kappa shape index (κ3) is 2.05. The van der Waals surface area contributed by atoms with Crippen LogP contribution in [-0.4, -0.2) is 13.1 Å². The molecule has 0 radical (unpaired) electrons. The van der Waals surface area contributed by atoms with E-state index in [1.807, 2.05) is 12.3 Å². The molecular formula is C8H14N2Si. The largest absolute Gasteiger partial charge is 0.397 e. The molecule has 1 aromatic rings. The van der Waals surface area contributed by atoms with Gasteiger partial charge in [-0.05, 0) is 11.3 Å². The van der Waals surface area contributed by atoms with Crippen molar-refractivity contribution in [2.24, 2.45) is 0 Å². The normalized spacial score (nSPS) is 11.5. The van der Waals surface area contributed by atoms with Gasteiger partial charge in [-0.3, -0.25) is 4.98 Å². The summed E-state index contributed by atoms with van der Waals surface area (Å²) in [6.07, 6.45) is 3.60. The molecule has 1 heterocycles. The van der Waals surface area contributed by atoms with Gasteiger partial charge >= 0.3 is 0 Å². The van der Waals surface area contributed by atoms with Crippen LogP contribution >= 0.6 is 0 Å². The van der Waals surface area contributed by atoms with Crippen molar-refractivity contribution in [1.82, 2.24) is 4.98 Å². The molecule has 0 bridgehead atoms. The van der Waals surface area contributed by atoms with Gasteiger partial charge in [-0.2, -0.15) is 0 Å². The maximum atomic E-state index is 5.62. The molecule has 1 aromatic heterocycles. The van der Waals surface area contributed by atoms with E-state index in [-0.39, 0.29) is 0 Å². The van der Waals surface area contributed by atoms with Crippen molar-refractivity contribution in [2.75, 3.05) is 5.73 Å². The van der Waals surface area contributed by atoms with Crippen molar-refractivity contribution in [1.29, 1.82) is 0 Å². The maximum absolute atomic E-state index is 5.62. The topological polar surface area (TPSA) is 38.9 Å². The standard InChI is InChI=1S/C8H14N2Si/c1-11(2,3)8-4-7(9)5-10-6-8/h4-6H,9H2,1-3H3. The van der Waals surface area contributed by atoms with Crippen molar-refractivity contribution in [3.8, 4) is 0 Å². The Balaban J connectivity index is 3.06. The molecule has 0 spiro atoms. The molecule has 0 aromatic carbocycles. The van der Waals surface area contributed by atoms with E-state index in [1.165, 1.54) is 5.19 Å². The zero-order valence-electron chi connectivity index (χ0n) is 7.26. The first-order valence-corrected chi connectivity index (χ1v) is 7.21. The summed E-state index contributed by atoms with van der Waals surface area (Å²) in [7, 11) is -1.21. The predicted molar refractivity (Wildman–Crippen MR) is 51.6 cm³/mol. The lowest BCUT2D eigenvalue weighted by Gasteiger charge is -2.15. The van der Waals surface area contributed by atoms with Crippen LogP contribution in [0.3, 0.4) is 0 Å². The summed E-state index contributed by atoms with van der Waals surface area (Å²) < 4.78 is 0. The number of hydrogen-bond donors (Lipinski definition) is 1. The summed E-state index contributed by atoms with van der Waals surface area (Å²) >= 11 is 0. The van der Waals surface area contributed by atoms with E-state index in [1.54, 1.807) is 6.20 Å². The fourth-order valence-electron chi connectivity index (χ4n) is 0.868. The number of nitrogens with two attached hydrogens (primary N) is 1. The Morgan fingerprint density at radius 3 is 2.27 bits per heavy atom. The van der Waals surface area contributed by atoms with Crippen molar-refractivity contribution < 1.29 is 0 Å². The average Bonchev–Trinajstić information content (AvgIpc) is 1.86. The second-order valence-electron chi connectivity index (χ2n) is 3.76. The molecule has 0 saturated carbocycles. The molecule has 0 atom stereocenters. The average molecular weight is 166 g/mol. The van der Waals surface area contributed by atoms with Gasteiger partial charge in [0.1, 0.15) is 0 Å². The van der Waals surface area contributed by atoms with Gasteiger partial charge in [0.05, 0.1) is 8.07 Å². The van der Waals surface area contributed by atoms with Crippen molar-refractivity contribution >= 4 is 18.9 Å². The summed E-state index contributed by atoms with van der Waals surface area (Å²) in [6.45, 7) is 6.84. The SMILES string of the molecule is C[Si](C)(C)c1cncc(N)c1. The molecule has 0 aliphatic rings. The number of hydrogen-bond acceptors (Lipinski definition) is 2. The van der Waals surface area contributed by atoms with Crippen LogP contribution in [0, 0.1) is 0 Å². The number of pyridine rings is 1. The molecule has 3 heteroatoms. The molecule has 2 nitrogen and oxygen atoms in total. The summed E-state index contributed by atoms with van der Waals surface area (Å²) in [5.74, 6) is 0. The van der Waals surface area contributed by atoms with Gasteiger partial charge in [0.2, 0.25) is 0 Å². The lowest BCUT2D eigenvalue weighted by molar-refractivity contribution is 1.34. The first kappa shape index (κ1) is 8.27. The van der Waals surface area contributed by atoms with Crippen LogP contribution in [0.15, 0.2) is 18.5 Å². The minimum atomic E-state index is -1.21. The molecule has 0 aliphatic carbocycles. The highest BCUT2D eigenvalue weighted by Crippen LogP contribution is 2.03. The molecule has 0 saturated heterocycles. The molecule has 0 fully saturated rings. The highest BCUT2D eigenvalue weighted by Gasteiger charge is 2.16. The van der Waals surface area contributed by atoms with Gasteiger partial charge in [0, 0.05) is 18.1 Å². The predicted octanol–water partition coefficient (Wildman–Crippen LogP) is 1.21. The van der Waals surface area contributed by atoms with Crippen LogP contribution in [0.4, 0.5) is 5.69 Å². The zero-order valence-corrected chi connectivity index (χ0v) is 8.26. The van der Waals surface area contributed by atoms with Gasteiger partial charge in [-0.1, -0.05) is 19.6 Å². The van der Waals surface area contributed by atoms with Crippen LogP contribution in [0.25, 0.3) is 0 Å². The van der Waals surface area contributed by atoms with Gasteiger partial charge < -0.3 is 5.73 Å². The lowest BCUT2D eigenvalue weighted by Crippen LogP contribution is -2.37. The summed E-state index contributed by atoms with van der Waals surface area (Å²) in [4.78, 5) is 4.06. The van der Waals surface area contributed by atoms with Crippen LogP contribution in [0.5, 0.6) is 0 Å². The molecule has 1 rings (SSSR count). The molecule has 0 amide bonds. The minimum Gasteiger partial charge on any atom is -0.397 e. The third-order valence-corrected chi connectivity index (χ3v) is 3.63. The Bertz CT molecular complexity index is 253. The highest BCUT2D eigenvalue weighted by atomic mass is 28.3. The Labute approximate surface area is 68.5 Å². The highest BCUT2D eigenvalue weighted by molar-refractivity contribution is 6.88. The van der Waals surface area contributed by atoms with E-state index in [0.29, 0.717) is 0 Å². The molecule has 11 heavy (non-hydrogen) atoms. The third-order valence-electron chi connectivity index (χ3n) is 1.63. The smallest absolute Gasteiger partial charge is 0.0797 e. The van der Waals surface area contributed by atoms with E-state index in [0.717, 1.165) is 5.69 Å². The number of rotatable bonds is 1. The zero-order chi connectivity index (χ0) is 8.48. The first-order chi connectivity index (χ1) is 5.00. The summed E-state index contributed by atoms with van der Waals surface area (Å²) in [5, 5.41) is 1.32. The Kier molecular flexibility index (Phi) is 2.00. The van der Waals surface area contributed by atoms with Crippen LogP contribution in [0.1, 0.15) is 0 Å². The fourth-order valence-corrected chi connectivity index (χ4v) is 1.93. The lowest BCUT2D eigenvalue weighted by atomic mass is 10.4. The number of aromatic nitrogens is 1. The van der Waals surface area contributed by atoms with E-state index >= 15 is 0 Å². The van der Waals surface area contributed by atoms with Gasteiger partial charge in [0.25, 0.3) is 0 Å². The maximum Gasteiger partial charge on any atom is 0.0797 e. The molecule has 60 valence electrons. The van der Waals surface area contributed by atoms with Crippen molar-refractivity contribution in [3.05, 3.63) is 18.5 Å². The molecule has 0 unspecified atom stereocenters. The molecular weight excluding hydrogens is 152 g/mol. The second kappa shape index (κ2) is 2.66. The van der Waals surface area contributed by atoms with E-state index in [4.69, 9.17) is 5.73 Å². The molecule has 2 N–H and O–H groups in total. The van der Waals surface area contributed by atoms with Gasteiger partial charge in [0.15, 0.2) is 0 Å². The van der Waals surface area contributed by atoms with Crippen LogP contribution in [0.2, 0.25) is 19.6 Å². The van der Waals surface area contributed by atoms with Crippen LogP contribution < -0.4 is 10.9 Å². The van der Waals surface area contributed by atoms with Gasteiger partial charge in [-0.15, -0.1) is 0 Å². The number of nitrogen functional groups attached to an aromatic ring is 1. The fraction of sp³-hybridized carbons (Fsp3) is 0.375. The molecule has 0 aliphatic heterocycles. The number of nitrogens with zero attached hydrogens (tertiary/aromatic N) is 1. The Morgan fingerprint density at radius 2 is 1.91 bits per heavy atom. The second-order valence-corrected chi connectivity index (χ2v) is 8.83. The Hall–Kier alpha value is -0.833. The summed E-state index contributed by atoms with van der Waals surface area (Å²) in [6, 6.07) is 2.03. The monoisotopic (exact) mass is 166 g/mol. The van der Waals surface area contributed by atoms with E-state index < -0.39 is 8.07 Å². The van der Waals surface area contributed by atoms with Crippen LogP contribution in [-0.2, 0) is 0 Å². The first-order valence-electron chi connectivity index (χ1n) is 3.71. The van der Waals surface area contributed by atoms with Crippen molar-refractivity contribution in [2.45, 2.75) is 19.6 Å². The Morgan fingerprint density at radius 1 is 1.27 bits per heavy atom. The van der Waals surface area contributed by atoms with E-state index in [9.17, 15) is 0 Å². The van der Waals surface area contributed by atoms with Crippen molar-refractivity contribution in [3.63, 3.8) is 0 Å². The minimum absolute atomic E-state index is 0.768. The summed E-state index contributed by atoms with van der Waals surface area (Å²) in [5.41, 5.74) is 6.38.